The van der Waals surface area contributed by atoms with Crippen LogP contribution in [0.3, 0.4) is 0 Å². The zero-order valence-corrected chi connectivity index (χ0v) is 20.7. The van der Waals surface area contributed by atoms with E-state index in [0.29, 0.717) is 26.6 Å². The summed E-state index contributed by atoms with van der Waals surface area (Å²) in [6.07, 6.45) is 4.89. The molecular weight excluding hydrogens is 547 g/mol. The Hall–Kier alpha value is -2.72. The zero-order chi connectivity index (χ0) is 23.2. The number of benzene rings is 2. The van der Waals surface area contributed by atoms with Gasteiger partial charge in [0.25, 0.3) is 5.91 Å². The van der Waals surface area contributed by atoms with Gasteiger partial charge in [-0.1, -0.05) is 57.0 Å². The van der Waals surface area contributed by atoms with E-state index in [1.807, 2.05) is 41.0 Å². The lowest BCUT2D eigenvalue weighted by Crippen LogP contribution is -2.20. The van der Waals surface area contributed by atoms with Crippen LogP contribution in [0.5, 0.6) is 0 Å². The lowest BCUT2D eigenvalue weighted by atomic mass is 10.2. The second kappa shape index (κ2) is 10.9. The lowest BCUT2D eigenvalue weighted by molar-refractivity contribution is -0.118. The molecule has 11 heteroatoms. The van der Waals surface area contributed by atoms with E-state index < -0.39 is 0 Å². The molecule has 0 aliphatic rings. The number of carbonyl (C=O) groups excluding carboxylic acids is 1. The molecule has 0 atom stereocenters. The number of halogens is 3. The van der Waals surface area contributed by atoms with Gasteiger partial charge >= 0.3 is 0 Å². The fraction of sp³-hybridized carbons (Fsp3) is 0.0455. The van der Waals surface area contributed by atoms with E-state index in [4.69, 9.17) is 23.2 Å². The molecule has 1 amide bonds. The Bertz CT molecular complexity index is 1300. The van der Waals surface area contributed by atoms with E-state index in [9.17, 15) is 4.79 Å². The van der Waals surface area contributed by atoms with E-state index in [0.717, 1.165) is 15.7 Å². The second-order valence-corrected chi connectivity index (χ2v) is 9.28. The molecule has 0 unspecified atom stereocenters. The molecule has 0 fully saturated rings. The Morgan fingerprint density at radius 1 is 1.06 bits per heavy atom. The highest BCUT2D eigenvalue weighted by Crippen LogP contribution is 2.28. The van der Waals surface area contributed by atoms with Crippen molar-refractivity contribution in [1.82, 2.24) is 25.2 Å². The minimum atomic E-state index is -0.285. The molecule has 0 aliphatic carbocycles. The van der Waals surface area contributed by atoms with Crippen molar-refractivity contribution in [3.8, 4) is 17.1 Å². The zero-order valence-electron chi connectivity index (χ0n) is 16.8. The number of hydrazone groups is 1. The summed E-state index contributed by atoms with van der Waals surface area (Å²) in [4.78, 5) is 16.4. The van der Waals surface area contributed by atoms with Crippen molar-refractivity contribution in [3.63, 3.8) is 0 Å². The SMILES string of the molecule is O=C(CSc1nnc(-c2ccncc2)n1-c1ccc(Br)cc1)N/N=C/c1ccc(Cl)c(Cl)c1. The molecule has 4 aromatic rings. The van der Waals surface area contributed by atoms with Crippen LogP contribution < -0.4 is 5.43 Å². The number of hydrogen-bond acceptors (Lipinski definition) is 6. The van der Waals surface area contributed by atoms with Gasteiger partial charge in [0, 0.05) is 28.1 Å². The van der Waals surface area contributed by atoms with Gasteiger partial charge < -0.3 is 0 Å². The molecule has 0 saturated heterocycles. The van der Waals surface area contributed by atoms with Crippen molar-refractivity contribution in [2.45, 2.75) is 5.16 Å². The molecule has 33 heavy (non-hydrogen) atoms. The number of carbonyl (C=O) groups is 1. The Morgan fingerprint density at radius 3 is 2.55 bits per heavy atom. The van der Waals surface area contributed by atoms with Crippen molar-refractivity contribution < 1.29 is 4.79 Å². The molecule has 0 bridgehead atoms. The first-order valence-corrected chi connectivity index (χ1v) is 12.1. The molecule has 0 aliphatic heterocycles. The Morgan fingerprint density at radius 2 is 1.82 bits per heavy atom. The van der Waals surface area contributed by atoms with Crippen LogP contribution in [0, 0.1) is 0 Å². The lowest BCUT2D eigenvalue weighted by Gasteiger charge is -2.10. The first-order valence-electron chi connectivity index (χ1n) is 9.53. The van der Waals surface area contributed by atoms with E-state index in [2.05, 4.69) is 41.6 Å². The monoisotopic (exact) mass is 560 g/mol. The molecule has 1 N–H and O–H groups in total. The van der Waals surface area contributed by atoms with Gasteiger partial charge in [-0.2, -0.15) is 5.10 Å². The topological polar surface area (TPSA) is 85.1 Å². The van der Waals surface area contributed by atoms with Crippen molar-refractivity contribution in [3.05, 3.63) is 87.1 Å². The molecule has 2 aromatic carbocycles. The molecule has 2 heterocycles. The standard InChI is InChI=1S/C22H15BrCl2N6OS/c23-16-2-4-17(5-3-16)31-21(15-7-9-26-10-8-15)29-30-22(31)33-13-20(32)28-27-12-14-1-6-18(24)19(25)11-14/h1-12H,13H2,(H,28,32)/b27-12+. The molecule has 0 saturated carbocycles. The first-order chi connectivity index (χ1) is 16.0. The first kappa shape index (κ1) is 23.4. The maximum atomic E-state index is 12.3. The molecule has 2 aromatic heterocycles. The molecular formula is C22H15BrCl2N6OS. The molecule has 166 valence electrons. The van der Waals surface area contributed by atoms with E-state index in [-0.39, 0.29) is 11.7 Å². The highest BCUT2D eigenvalue weighted by molar-refractivity contribution is 9.10. The largest absolute Gasteiger partial charge is 0.272 e. The van der Waals surface area contributed by atoms with Crippen molar-refractivity contribution in [2.75, 3.05) is 5.75 Å². The summed E-state index contributed by atoms with van der Waals surface area (Å²) in [7, 11) is 0. The van der Waals surface area contributed by atoms with Crippen LogP contribution in [0.25, 0.3) is 17.1 Å². The highest BCUT2D eigenvalue weighted by Gasteiger charge is 2.17. The minimum absolute atomic E-state index is 0.101. The van der Waals surface area contributed by atoms with Gasteiger partial charge in [0.15, 0.2) is 11.0 Å². The van der Waals surface area contributed by atoms with Crippen molar-refractivity contribution in [2.24, 2.45) is 5.10 Å². The Balaban J connectivity index is 1.49. The van der Waals surface area contributed by atoms with Gasteiger partial charge in [0.2, 0.25) is 0 Å². The van der Waals surface area contributed by atoms with Gasteiger partial charge in [-0.05, 0) is 54.1 Å². The minimum Gasteiger partial charge on any atom is -0.272 e. The summed E-state index contributed by atoms with van der Waals surface area (Å²) < 4.78 is 2.86. The molecule has 7 nitrogen and oxygen atoms in total. The number of pyridine rings is 1. The number of thioether (sulfide) groups is 1. The number of nitrogens with zero attached hydrogens (tertiary/aromatic N) is 5. The van der Waals surface area contributed by atoms with E-state index in [1.54, 1.807) is 30.6 Å². The molecule has 0 radical (unpaired) electrons. The van der Waals surface area contributed by atoms with Crippen LogP contribution in [-0.4, -0.2) is 37.6 Å². The van der Waals surface area contributed by atoms with Gasteiger partial charge in [-0.25, -0.2) is 5.43 Å². The average molecular weight is 562 g/mol. The quantitative estimate of drug-likeness (QED) is 0.179. The van der Waals surface area contributed by atoms with Gasteiger partial charge in [-0.15, -0.1) is 10.2 Å². The predicted octanol–water partition coefficient (Wildman–Crippen LogP) is 5.64. The van der Waals surface area contributed by atoms with Crippen molar-refractivity contribution >= 4 is 63.0 Å². The third-order valence-corrected chi connectivity index (χ3v) is 6.53. The molecule has 4 rings (SSSR count). The summed E-state index contributed by atoms with van der Waals surface area (Å²) in [6.45, 7) is 0. The smallest absolute Gasteiger partial charge is 0.250 e. The second-order valence-electron chi connectivity index (χ2n) is 6.61. The van der Waals surface area contributed by atoms with Gasteiger partial charge in [-0.3, -0.25) is 14.3 Å². The van der Waals surface area contributed by atoms with Gasteiger partial charge in [0.1, 0.15) is 0 Å². The van der Waals surface area contributed by atoms with Crippen LogP contribution in [0.1, 0.15) is 5.56 Å². The fourth-order valence-corrected chi connectivity index (χ4v) is 4.12. The summed E-state index contributed by atoms with van der Waals surface area (Å²) >= 11 is 16.6. The third kappa shape index (κ3) is 6.00. The maximum Gasteiger partial charge on any atom is 0.250 e. The van der Waals surface area contributed by atoms with Crippen LogP contribution in [0.2, 0.25) is 10.0 Å². The Labute approximate surface area is 212 Å². The van der Waals surface area contributed by atoms with E-state index in [1.165, 1.54) is 18.0 Å². The summed E-state index contributed by atoms with van der Waals surface area (Å²) in [5.41, 5.74) is 4.95. The summed E-state index contributed by atoms with van der Waals surface area (Å²) in [5, 5.41) is 14.1. The normalized spacial score (nSPS) is 11.1. The number of aromatic nitrogens is 4. The van der Waals surface area contributed by atoms with E-state index >= 15 is 0 Å². The third-order valence-electron chi connectivity index (χ3n) is 4.34. The van der Waals surface area contributed by atoms with Crippen LogP contribution in [0.4, 0.5) is 0 Å². The predicted molar refractivity (Wildman–Crippen MR) is 135 cm³/mol. The summed E-state index contributed by atoms with van der Waals surface area (Å²) in [5.74, 6) is 0.469. The van der Waals surface area contributed by atoms with Crippen molar-refractivity contribution in [1.29, 1.82) is 0 Å². The number of amides is 1. The van der Waals surface area contributed by atoms with Gasteiger partial charge in [0.05, 0.1) is 22.0 Å². The fourth-order valence-electron chi connectivity index (χ4n) is 2.81. The van der Waals surface area contributed by atoms with Crippen LogP contribution in [0.15, 0.2) is 81.7 Å². The van der Waals surface area contributed by atoms with Crippen LogP contribution >= 0.6 is 50.9 Å². The number of nitrogens with one attached hydrogen (secondary N) is 1. The number of hydrogen-bond donors (Lipinski definition) is 1. The number of rotatable bonds is 7. The summed E-state index contributed by atoms with van der Waals surface area (Å²) in [6, 6.07) is 16.6. The van der Waals surface area contributed by atoms with Crippen LogP contribution in [-0.2, 0) is 4.79 Å². The Kier molecular flexibility index (Phi) is 7.77. The molecule has 0 spiro atoms. The highest BCUT2D eigenvalue weighted by atomic mass is 79.9. The maximum absolute atomic E-state index is 12.3. The average Bonchev–Trinajstić information content (AvgIpc) is 3.25.